The Bertz CT molecular complexity index is 248. The molecule has 1 amide bonds. The second-order valence-corrected chi connectivity index (χ2v) is 5.44. The van der Waals surface area contributed by atoms with E-state index in [1.54, 1.807) is 0 Å². The lowest BCUT2D eigenvalue weighted by Crippen LogP contribution is -2.29. The molecule has 0 saturated carbocycles. The first-order valence-corrected chi connectivity index (χ1v) is 6.01. The first kappa shape index (κ1) is 15.0. The summed E-state index contributed by atoms with van der Waals surface area (Å²) in [7, 11) is 0. The van der Waals surface area contributed by atoms with Gasteiger partial charge in [-0.15, -0.1) is 0 Å². The van der Waals surface area contributed by atoms with Crippen LogP contribution in [-0.4, -0.2) is 12.5 Å². The minimum atomic E-state index is 0.124. The lowest BCUT2D eigenvalue weighted by molar-refractivity contribution is -0.122. The number of nitrogens with zero attached hydrogens (tertiary/aromatic N) is 1. The maximum absolute atomic E-state index is 11.6. The van der Waals surface area contributed by atoms with E-state index in [0.29, 0.717) is 25.3 Å². The van der Waals surface area contributed by atoms with E-state index in [-0.39, 0.29) is 11.3 Å². The molecule has 0 rings (SSSR count). The molecule has 0 aliphatic carbocycles. The van der Waals surface area contributed by atoms with Gasteiger partial charge in [-0.3, -0.25) is 4.79 Å². The van der Waals surface area contributed by atoms with Gasteiger partial charge in [0.1, 0.15) is 0 Å². The molecule has 0 spiro atoms. The molecule has 0 heterocycles. The molecule has 0 radical (unpaired) electrons. The van der Waals surface area contributed by atoms with Crippen LogP contribution < -0.4 is 5.32 Å². The Morgan fingerprint density at radius 3 is 2.50 bits per heavy atom. The Hall–Kier alpha value is -1.04. The van der Waals surface area contributed by atoms with Crippen molar-refractivity contribution in [2.45, 2.75) is 53.4 Å². The van der Waals surface area contributed by atoms with E-state index >= 15 is 0 Å². The molecule has 0 aliphatic rings. The summed E-state index contributed by atoms with van der Waals surface area (Å²) >= 11 is 0. The van der Waals surface area contributed by atoms with Gasteiger partial charge in [-0.2, -0.15) is 5.26 Å². The summed E-state index contributed by atoms with van der Waals surface area (Å²) in [6.45, 7) is 9.25. The molecule has 1 N–H and O–H groups in total. The van der Waals surface area contributed by atoms with Gasteiger partial charge in [0.05, 0.1) is 6.07 Å². The fraction of sp³-hybridized carbons (Fsp3) is 0.846. The Labute approximate surface area is 99.2 Å². The van der Waals surface area contributed by atoms with Crippen molar-refractivity contribution in [2.75, 3.05) is 6.54 Å². The van der Waals surface area contributed by atoms with Crippen LogP contribution in [-0.2, 0) is 4.79 Å². The van der Waals surface area contributed by atoms with Crippen molar-refractivity contribution >= 4 is 5.91 Å². The van der Waals surface area contributed by atoms with Gasteiger partial charge in [-0.1, -0.05) is 27.7 Å². The summed E-state index contributed by atoms with van der Waals surface area (Å²) in [4.78, 5) is 11.6. The van der Waals surface area contributed by atoms with Crippen LogP contribution in [0.4, 0.5) is 0 Å². The normalized spacial score (nSPS) is 12.9. The number of unbranched alkanes of at least 4 members (excludes halogenated alkanes) is 2. The van der Waals surface area contributed by atoms with Crippen molar-refractivity contribution < 1.29 is 4.79 Å². The zero-order valence-corrected chi connectivity index (χ0v) is 11.0. The Morgan fingerprint density at radius 1 is 1.38 bits per heavy atom. The molecule has 0 aromatic heterocycles. The minimum Gasteiger partial charge on any atom is -0.356 e. The minimum absolute atomic E-state index is 0.124. The molecule has 0 saturated heterocycles. The topological polar surface area (TPSA) is 52.9 Å². The quantitative estimate of drug-likeness (QED) is 0.705. The van der Waals surface area contributed by atoms with Crippen LogP contribution in [0.2, 0.25) is 0 Å². The largest absolute Gasteiger partial charge is 0.356 e. The number of nitrogens with one attached hydrogen (secondary N) is 1. The summed E-state index contributed by atoms with van der Waals surface area (Å²) in [5.41, 5.74) is 0.179. The first-order chi connectivity index (χ1) is 7.38. The highest BCUT2D eigenvalue weighted by atomic mass is 16.1. The lowest BCUT2D eigenvalue weighted by atomic mass is 9.80. The summed E-state index contributed by atoms with van der Waals surface area (Å²) in [6, 6.07) is 2.10. The van der Waals surface area contributed by atoms with Crippen molar-refractivity contribution in [2.24, 2.45) is 11.3 Å². The van der Waals surface area contributed by atoms with Crippen molar-refractivity contribution in [3.05, 3.63) is 0 Å². The maximum atomic E-state index is 11.6. The van der Waals surface area contributed by atoms with E-state index in [0.717, 1.165) is 12.8 Å². The third kappa shape index (κ3) is 7.28. The number of hydrogen-bond donors (Lipinski definition) is 1. The van der Waals surface area contributed by atoms with E-state index < -0.39 is 0 Å². The molecule has 0 aromatic carbocycles. The fourth-order valence-electron chi connectivity index (χ4n) is 1.21. The molecule has 0 aliphatic heterocycles. The SMILES string of the molecule is CC(CC(=O)NCCCCC#N)C(C)(C)C. The van der Waals surface area contributed by atoms with Crippen LogP contribution in [0, 0.1) is 22.7 Å². The average Bonchev–Trinajstić information content (AvgIpc) is 2.16. The van der Waals surface area contributed by atoms with Crippen LogP contribution >= 0.6 is 0 Å². The Morgan fingerprint density at radius 2 is 2.00 bits per heavy atom. The smallest absolute Gasteiger partial charge is 0.220 e. The second-order valence-electron chi connectivity index (χ2n) is 5.44. The predicted molar refractivity (Wildman–Crippen MR) is 65.7 cm³/mol. The van der Waals surface area contributed by atoms with Crippen LogP contribution in [0.15, 0.2) is 0 Å². The van der Waals surface area contributed by atoms with E-state index in [1.807, 2.05) is 0 Å². The van der Waals surface area contributed by atoms with E-state index in [1.165, 1.54) is 0 Å². The molecule has 3 heteroatoms. The van der Waals surface area contributed by atoms with Gasteiger partial charge in [-0.05, 0) is 24.2 Å². The van der Waals surface area contributed by atoms with Crippen LogP contribution in [0.25, 0.3) is 0 Å². The molecule has 92 valence electrons. The predicted octanol–water partition coefficient (Wildman–Crippen LogP) is 2.87. The summed E-state index contributed by atoms with van der Waals surface area (Å²) in [5, 5.41) is 11.2. The number of carbonyl (C=O) groups is 1. The molecule has 0 fully saturated rings. The molecular formula is C13H24N2O. The molecule has 1 unspecified atom stereocenters. The van der Waals surface area contributed by atoms with Crippen LogP contribution in [0.3, 0.4) is 0 Å². The monoisotopic (exact) mass is 224 g/mol. The average molecular weight is 224 g/mol. The molecule has 1 atom stereocenters. The van der Waals surface area contributed by atoms with E-state index in [4.69, 9.17) is 5.26 Å². The zero-order chi connectivity index (χ0) is 12.6. The number of amides is 1. The number of carbonyl (C=O) groups excluding carboxylic acids is 1. The Kier molecular flexibility index (Phi) is 6.80. The van der Waals surface area contributed by atoms with Gasteiger partial charge in [0.15, 0.2) is 0 Å². The van der Waals surface area contributed by atoms with Gasteiger partial charge < -0.3 is 5.32 Å². The molecule has 3 nitrogen and oxygen atoms in total. The first-order valence-electron chi connectivity index (χ1n) is 6.01. The number of nitriles is 1. The number of hydrogen-bond acceptors (Lipinski definition) is 2. The van der Waals surface area contributed by atoms with Gasteiger partial charge >= 0.3 is 0 Å². The standard InChI is InChI=1S/C13H24N2O/c1-11(13(2,3)4)10-12(16)15-9-7-5-6-8-14/h11H,5-7,9-10H2,1-4H3,(H,15,16). The highest BCUT2D eigenvalue weighted by Crippen LogP contribution is 2.27. The fourth-order valence-corrected chi connectivity index (χ4v) is 1.21. The van der Waals surface area contributed by atoms with Crippen molar-refractivity contribution in [3.63, 3.8) is 0 Å². The van der Waals surface area contributed by atoms with E-state index in [2.05, 4.69) is 39.1 Å². The lowest BCUT2D eigenvalue weighted by Gasteiger charge is -2.26. The summed E-state index contributed by atoms with van der Waals surface area (Å²) < 4.78 is 0. The highest BCUT2D eigenvalue weighted by Gasteiger charge is 2.22. The third-order valence-corrected chi connectivity index (χ3v) is 3.01. The summed E-state index contributed by atoms with van der Waals surface area (Å²) in [5.74, 6) is 0.506. The van der Waals surface area contributed by atoms with Crippen LogP contribution in [0.5, 0.6) is 0 Å². The van der Waals surface area contributed by atoms with Crippen molar-refractivity contribution in [1.82, 2.24) is 5.32 Å². The van der Waals surface area contributed by atoms with Crippen molar-refractivity contribution in [1.29, 1.82) is 5.26 Å². The molecular weight excluding hydrogens is 200 g/mol. The van der Waals surface area contributed by atoms with Gasteiger partial charge in [0.2, 0.25) is 5.91 Å². The molecule has 0 aromatic rings. The van der Waals surface area contributed by atoms with Crippen LogP contribution in [0.1, 0.15) is 53.4 Å². The third-order valence-electron chi connectivity index (χ3n) is 3.01. The van der Waals surface area contributed by atoms with Crippen molar-refractivity contribution in [3.8, 4) is 6.07 Å². The highest BCUT2D eigenvalue weighted by molar-refractivity contribution is 5.76. The van der Waals surface area contributed by atoms with E-state index in [9.17, 15) is 4.79 Å². The van der Waals surface area contributed by atoms with Gasteiger partial charge in [0, 0.05) is 19.4 Å². The summed E-state index contributed by atoms with van der Waals surface area (Å²) in [6.07, 6.45) is 2.92. The van der Waals surface area contributed by atoms with Gasteiger partial charge in [-0.25, -0.2) is 0 Å². The molecule has 0 bridgehead atoms. The van der Waals surface area contributed by atoms with Gasteiger partial charge in [0.25, 0.3) is 0 Å². The zero-order valence-electron chi connectivity index (χ0n) is 11.0. The molecule has 16 heavy (non-hydrogen) atoms. The number of rotatable bonds is 6. The maximum Gasteiger partial charge on any atom is 0.220 e. The second kappa shape index (κ2) is 7.27. The Balaban J connectivity index is 3.64.